The van der Waals surface area contributed by atoms with E-state index in [1.54, 1.807) is 6.07 Å². The van der Waals surface area contributed by atoms with Crippen molar-refractivity contribution in [1.29, 1.82) is 0 Å². The average molecular weight is 249 g/mol. The molecule has 1 aromatic carbocycles. The highest BCUT2D eigenvalue weighted by Gasteiger charge is 2.10. The number of carbonyl (C=O) groups is 1. The van der Waals surface area contributed by atoms with Crippen LogP contribution in [0.4, 0.5) is 4.39 Å². The number of carboxylic acid groups (broad SMARTS) is 1. The molecule has 0 aliphatic rings. The predicted molar refractivity (Wildman–Crippen MR) is 61.9 cm³/mol. The first-order valence-corrected chi connectivity index (χ1v) is 5.58. The van der Waals surface area contributed by atoms with Gasteiger partial charge < -0.3 is 9.63 Å². The van der Waals surface area contributed by atoms with E-state index in [-0.39, 0.29) is 11.5 Å². The maximum Gasteiger partial charge on any atom is 0.358 e. The van der Waals surface area contributed by atoms with Crippen LogP contribution in [0.25, 0.3) is 0 Å². The Kier molecular flexibility index (Phi) is 3.72. The smallest absolute Gasteiger partial charge is 0.358 e. The third-order valence-corrected chi connectivity index (χ3v) is 2.56. The van der Waals surface area contributed by atoms with Crippen molar-refractivity contribution in [3.63, 3.8) is 0 Å². The summed E-state index contributed by atoms with van der Waals surface area (Å²) in [7, 11) is 0. The van der Waals surface area contributed by atoms with Gasteiger partial charge >= 0.3 is 5.97 Å². The fourth-order valence-corrected chi connectivity index (χ4v) is 1.69. The van der Waals surface area contributed by atoms with Gasteiger partial charge in [0.05, 0.1) is 0 Å². The first-order valence-electron chi connectivity index (χ1n) is 5.58. The van der Waals surface area contributed by atoms with Gasteiger partial charge in [0, 0.05) is 12.5 Å². The van der Waals surface area contributed by atoms with Crippen molar-refractivity contribution in [2.24, 2.45) is 0 Å². The second kappa shape index (κ2) is 5.44. The van der Waals surface area contributed by atoms with Crippen molar-refractivity contribution in [3.8, 4) is 0 Å². The Morgan fingerprint density at radius 2 is 2.17 bits per heavy atom. The summed E-state index contributed by atoms with van der Waals surface area (Å²) in [6.07, 6.45) is 2.04. The minimum absolute atomic E-state index is 0.0873. The number of halogens is 1. The van der Waals surface area contributed by atoms with Crippen LogP contribution in [0.2, 0.25) is 0 Å². The van der Waals surface area contributed by atoms with E-state index in [0.717, 1.165) is 12.0 Å². The summed E-state index contributed by atoms with van der Waals surface area (Å²) in [5.41, 5.74) is 0.823. The Bertz CT molecular complexity index is 551. The van der Waals surface area contributed by atoms with Crippen molar-refractivity contribution in [2.45, 2.75) is 19.3 Å². The van der Waals surface area contributed by atoms with Gasteiger partial charge in [-0.2, -0.15) is 0 Å². The lowest BCUT2D eigenvalue weighted by molar-refractivity contribution is 0.0685. The molecule has 0 saturated carbocycles. The molecule has 0 amide bonds. The largest absolute Gasteiger partial charge is 0.476 e. The predicted octanol–water partition coefficient (Wildman–Crippen LogP) is 2.69. The van der Waals surface area contributed by atoms with Gasteiger partial charge in [-0.05, 0) is 30.5 Å². The summed E-state index contributed by atoms with van der Waals surface area (Å²) in [6, 6.07) is 7.82. The molecule has 0 radical (unpaired) electrons. The lowest BCUT2D eigenvalue weighted by atomic mass is 10.1. The van der Waals surface area contributed by atoms with E-state index >= 15 is 0 Å². The maximum absolute atomic E-state index is 12.9. The zero-order valence-electron chi connectivity index (χ0n) is 9.60. The molecule has 1 N–H and O–H groups in total. The molecule has 2 rings (SSSR count). The lowest BCUT2D eigenvalue weighted by Gasteiger charge is -1.99. The van der Waals surface area contributed by atoms with E-state index in [2.05, 4.69) is 5.16 Å². The summed E-state index contributed by atoms with van der Waals surface area (Å²) >= 11 is 0. The van der Waals surface area contributed by atoms with Crippen LogP contribution in [0.1, 0.15) is 28.2 Å². The van der Waals surface area contributed by atoms with Crippen molar-refractivity contribution in [2.75, 3.05) is 0 Å². The molecule has 0 atom stereocenters. The Labute approximate surface area is 103 Å². The summed E-state index contributed by atoms with van der Waals surface area (Å²) in [4.78, 5) is 10.6. The van der Waals surface area contributed by atoms with E-state index in [4.69, 9.17) is 9.63 Å². The quantitative estimate of drug-likeness (QED) is 0.884. The van der Waals surface area contributed by atoms with Crippen LogP contribution in [0.15, 0.2) is 34.9 Å². The number of nitrogens with zero attached hydrogens (tertiary/aromatic N) is 1. The number of aromatic nitrogens is 1. The lowest BCUT2D eigenvalue weighted by Crippen LogP contribution is -1.94. The van der Waals surface area contributed by atoms with E-state index in [1.165, 1.54) is 18.2 Å². The highest BCUT2D eigenvalue weighted by molar-refractivity contribution is 5.85. The molecule has 0 saturated heterocycles. The van der Waals surface area contributed by atoms with Crippen LogP contribution in [0, 0.1) is 5.82 Å². The van der Waals surface area contributed by atoms with Gasteiger partial charge in [-0.3, -0.25) is 0 Å². The highest BCUT2D eigenvalue weighted by Crippen LogP contribution is 2.11. The Morgan fingerprint density at radius 1 is 1.33 bits per heavy atom. The van der Waals surface area contributed by atoms with Gasteiger partial charge in [0.2, 0.25) is 0 Å². The molecule has 1 aromatic heterocycles. The molecule has 5 heteroatoms. The minimum atomic E-state index is -1.10. The number of hydrogen-bond acceptors (Lipinski definition) is 3. The molecule has 0 bridgehead atoms. The Balaban J connectivity index is 1.86. The molecule has 1 heterocycles. The molecule has 4 nitrogen and oxygen atoms in total. The summed E-state index contributed by atoms with van der Waals surface area (Å²) < 4.78 is 17.8. The van der Waals surface area contributed by atoms with Crippen LogP contribution in [-0.2, 0) is 12.8 Å². The first kappa shape index (κ1) is 12.3. The molecule has 0 spiro atoms. The second-order valence-corrected chi connectivity index (χ2v) is 3.97. The topological polar surface area (TPSA) is 63.3 Å². The van der Waals surface area contributed by atoms with Gasteiger partial charge in [0.1, 0.15) is 11.6 Å². The molecule has 2 aromatic rings. The van der Waals surface area contributed by atoms with E-state index in [1.807, 2.05) is 6.07 Å². The van der Waals surface area contributed by atoms with Crippen molar-refractivity contribution in [1.82, 2.24) is 5.16 Å². The molecule has 0 fully saturated rings. The second-order valence-electron chi connectivity index (χ2n) is 3.97. The molecule has 0 aliphatic heterocycles. The first-order chi connectivity index (χ1) is 8.65. The third kappa shape index (κ3) is 3.16. The van der Waals surface area contributed by atoms with Crippen LogP contribution >= 0.6 is 0 Å². The Hall–Kier alpha value is -2.17. The minimum Gasteiger partial charge on any atom is -0.476 e. The normalized spacial score (nSPS) is 10.5. The highest BCUT2D eigenvalue weighted by atomic mass is 19.1. The van der Waals surface area contributed by atoms with Crippen molar-refractivity contribution < 1.29 is 18.8 Å². The molecular weight excluding hydrogens is 237 g/mol. The zero-order chi connectivity index (χ0) is 13.0. The van der Waals surface area contributed by atoms with Gasteiger partial charge in [-0.25, -0.2) is 9.18 Å². The van der Waals surface area contributed by atoms with Crippen molar-refractivity contribution >= 4 is 5.97 Å². The van der Waals surface area contributed by atoms with Gasteiger partial charge in [-0.1, -0.05) is 17.3 Å². The summed E-state index contributed by atoms with van der Waals surface area (Å²) in [5.74, 6) is -0.820. The number of benzene rings is 1. The number of rotatable bonds is 5. The fraction of sp³-hybridized carbons (Fsp3) is 0.231. The number of hydrogen-bond donors (Lipinski definition) is 1. The molecule has 18 heavy (non-hydrogen) atoms. The number of aryl methyl sites for hydroxylation is 2. The van der Waals surface area contributed by atoms with Crippen LogP contribution in [0.5, 0.6) is 0 Å². The number of aromatic carboxylic acids is 1. The summed E-state index contributed by atoms with van der Waals surface area (Å²) in [5, 5.41) is 12.1. The van der Waals surface area contributed by atoms with Crippen LogP contribution in [0.3, 0.4) is 0 Å². The van der Waals surface area contributed by atoms with Gasteiger partial charge in [0.15, 0.2) is 5.69 Å². The standard InChI is InChI=1S/C13H12FNO3/c14-10-5-1-3-9(7-10)4-2-6-11-8-12(13(16)17)15-18-11/h1,3,5,7-8H,2,4,6H2,(H,16,17). The average Bonchev–Trinajstić information content (AvgIpc) is 2.78. The SMILES string of the molecule is O=C(O)c1cc(CCCc2cccc(F)c2)on1. The molecule has 0 aliphatic carbocycles. The molecular formula is C13H12FNO3. The van der Waals surface area contributed by atoms with Crippen LogP contribution in [-0.4, -0.2) is 16.2 Å². The van der Waals surface area contributed by atoms with Crippen molar-refractivity contribution in [3.05, 3.63) is 53.2 Å². The fourth-order valence-electron chi connectivity index (χ4n) is 1.69. The van der Waals surface area contributed by atoms with E-state index < -0.39 is 5.97 Å². The van der Waals surface area contributed by atoms with Gasteiger partial charge in [0.25, 0.3) is 0 Å². The third-order valence-electron chi connectivity index (χ3n) is 2.56. The van der Waals surface area contributed by atoms with E-state index in [0.29, 0.717) is 18.6 Å². The molecule has 94 valence electrons. The van der Waals surface area contributed by atoms with Crippen LogP contribution < -0.4 is 0 Å². The maximum atomic E-state index is 12.9. The summed E-state index contributed by atoms with van der Waals surface area (Å²) in [6.45, 7) is 0. The van der Waals surface area contributed by atoms with Gasteiger partial charge in [-0.15, -0.1) is 0 Å². The molecule has 0 unspecified atom stereocenters. The number of carboxylic acids is 1. The zero-order valence-corrected chi connectivity index (χ0v) is 9.60. The van der Waals surface area contributed by atoms with E-state index in [9.17, 15) is 9.18 Å². The monoisotopic (exact) mass is 249 g/mol. The Morgan fingerprint density at radius 3 is 2.83 bits per heavy atom.